The number of benzene rings is 1. The smallest absolute Gasteiger partial charge is 1.00 e. The normalized spacial score (nSPS) is 26.5. The zero-order valence-corrected chi connectivity index (χ0v) is 22.7. The molecule has 4 rings (SSSR count). The molecule has 3 aliphatic carbocycles. The molecule has 3 heteroatoms. The van der Waals surface area contributed by atoms with Gasteiger partial charge in [0, 0.05) is 0 Å². The van der Waals surface area contributed by atoms with Gasteiger partial charge in [-0.25, -0.2) is 0 Å². The standard InChI is InChI=1S/C16H17.C9H13.2ClH.Hf/c1-12-10-14-8-5-9-15(16(14)11-12)13-6-3-2-4-7-13;1-6-5-7(2)9(4)8(6)3;;;/h2-4,6-7,10-11,15H,5,8-9H2,1H3;6H,1-4H3;2*1H;/q;;;;+2/p-2. The molecule has 0 fully saturated rings. The number of hydrogen-bond donors (Lipinski definition) is 0. The Morgan fingerprint density at radius 3 is 2.21 bits per heavy atom. The molecule has 148 valence electrons. The van der Waals surface area contributed by atoms with E-state index in [-0.39, 0.29) is 24.8 Å². The molecule has 0 N–H and O–H groups in total. The molecule has 0 aliphatic heterocycles. The van der Waals surface area contributed by atoms with Crippen molar-refractivity contribution in [3.05, 3.63) is 78.7 Å². The first kappa shape index (κ1) is 23.9. The van der Waals surface area contributed by atoms with E-state index in [0.717, 1.165) is 3.67 Å². The molecule has 3 aliphatic rings. The van der Waals surface area contributed by atoms with E-state index in [1.165, 1.54) is 24.8 Å². The number of rotatable bonds is 3. The van der Waals surface area contributed by atoms with Crippen molar-refractivity contribution in [2.24, 2.45) is 5.92 Å². The van der Waals surface area contributed by atoms with Crippen molar-refractivity contribution in [2.75, 3.05) is 0 Å². The fraction of sp³-hybridized carbons (Fsp3) is 0.440. The maximum absolute atomic E-state index is 2.59. The van der Waals surface area contributed by atoms with Gasteiger partial charge in [0.25, 0.3) is 0 Å². The molecule has 1 aromatic rings. The molecule has 1 aromatic carbocycles. The van der Waals surface area contributed by atoms with E-state index in [1.54, 1.807) is 27.9 Å². The molecule has 3 unspecified atom stereocenters. The molecule has 0 bridgehead atoms. The van der Waals surface area contributed by atoms with Crippen LogP contribution in [0.2, 0.25) is 3.67 Å². The minimum atomic E-state index is -0.908. The number of hydrogen-bond acceptors (Lipinski definition) is 0. The Hall–Kier alpha value is -0.370. The fourth-order valence-corrected chi connectivity index (χ4v) is 12.2. The van der Waals surface area contributed by atoms with Crippen LogP contribution in [0, 0.1) is 5.92 Å². The molecular formula is C25H30Cl2Hf. The average molecular weight is 580 g/mol. The largest absolute Gasteiger partial charge is 1.00 e. The first-order chi connectivity index (χ1) is 12.5. The summed E-state index contributed by atoms with van der Waals surface area (Å²) in [4.78, 5) is 0. The Morgan fingerprint density at radius 1 is 0.929 bits per heavy atom. The summed E-state index contributed by atoms with van der Waals surface area (Å²) < 4.78 is 2.72. The quantitative estimate of drug-likeness (QED) is 0.475. The van der Waals surface area contributed by atoms with Gasteiger partial charge >= 0.3 is 171 Å². The van der Waals surface area contributed by atoms with Crippen molar-refractivity contribution in [2.45, 2.75) is 63.5 Å². The van der Waals surface area contributed by atoms with Crippen LogP contribution in [0.1, 0.15) is 65.4 Å². The molecule has 0 heterocycles. The van der Waals surface area contributed by atoms with E-state index in [9.17, 15) is 0 Å². The van der Waals surface area contributed by atoms with Crippen molar-refractivity contribution < 1.29 is 47.7 Å². The Kier molecular flexibility index (Phi) is 8.22. The third-order valence-electron chi connectivity index (χ3n) is 7.01. The molecule has 0 saturated heterocycles. The zero-order valence-electron chi connectivity index (χ0n) is 17.6. The van der Waals surface area contributed by atoms with Crippen LogP contribution in [0.25, 0.3) is 0 Å². The van der Waals surface area contributed by atoms with Crippen molar-refractivity contribution in [1.29, 1.82) is 0 Å². The van der Waals surface area contributed by atoms with Gasteiger partial charge in [-0.15, -0.1) is 0 Å². The van der Waals surface area contributed by atoms with Crippen LogP contribution in [0.3, 0.4) is 0 Å². The molecule has 0 saturated carbocycles. The first-order valence-electron chi connectivity index (χ1n) is 10.1. The van der Waals surface area contributed by atoms with Gasteiger partial charge < -0.3 is 24.8 Å². The molecule has 0 nitrogen and oxygen atoms in total. The van der Waals surface area contributed by atoms with Crippen molar-refractivity contribution in [3.8, 4) is 0 Å². The van der Waals surface area contributed by atoms with E-state index in [4.69, 9.17) is 0 Å². The summed E-state index contributed by atoms with van der Waals surface area (Å²) in [7, 11) is 0. The van der Waals surface area contributed by atoms with Crippen molar-refractivity contribution in [3.63, 3.8) is 0 Å². The van der Waals surface area contributed by atoms with Crippen molar-refractivity contribution in [1.82, 2.24) is 0 Å². The zero-order chi connectivity index (χ0) is 18.4. The SMILES string of the molecule is CC1=CC2=C(CCCC2c2ccccc2)[CH]1[Hf+2][C]1=C(C)C(C)=C(C)C1C.[Cl-].[Cl-]. The summed E-state index contributed by atoms with van der Waals surface area (Å²) in [6, 6.07) is 11.2. The van der Waals surface area contributed by atoms with Crippen molar-refractivity contribution >= 4 is 0 Å². The molecule has 0 radical (unpaired) electrons. The third-order valence-corrected chi connectivity index (χ3v) is 15.0. The second kappa shape index (κ2) is 9.63. The van der Waals surface area contributed by atoms with Crippen LogP contribution >= 0.6 is 0 Å². The Bertz CT molecular complexity index is 858. The van der Waals surface area contributed by atoms with Crippen LogP contribution in [0.15, 0.2) is 73.2 Å². The van der Waals surface area contributed by atoms with Gasteiger partial charge in [-0.3, -0.25) is 0 Å². The van der Waals surface area contributed by atoms with Gasteiger partial charge in [-0.1, -0.05) is 0 Å². The molecule has 28 heavy (non-hydrogen) atoms. The van der Waals surface area contributed by atoms with Gasteiger partial charge in [-0.2, -0.15) is 0 Å². The van der Waals surface area contributed by atoms with Gasteiger partial charge in [0.2, 0.25) is 0 Å². The van der Waals surface area contributed by atoms with Gasteiger partial charge in [-0.05, 0) is 0 Å². The minimum Gasteiger partial charge on any atom is -1.00 e. The summed E-state index contributed by atoms with van der Waals surface area (Å²) in [5.74, 6) is 1.35. The second-order valence-corrected chi connectivity index (χ2v) is 13.4. The topological polar surface area (TPSA) is 0 Å². The summed E-state index contributed by atoms with van der Waals surface area (Å²) in [6.07, 6.45) is 6.62. The van der Waals surface area contributed by atoms with E-state index in [0.29, 0.717) is 11.8 Å². The van der Waals surface area contributed by atoms with Crippen LogP contribution in [0.4, 0.5) is 0 Å². The predicted octanol–water partition coefficient (Wildman–Crippen LogP) is 1.35. The Labute approximate surface area is 194 Å². The van der Waals surface area contributed by atoms with E-state index in [1.807, 2.05) is 8.90 Å². The van der Waals surface area contributed by atoms with Crippen LogP contribution in [-0.2, 0) is 22.9 Å². The molecular weight excluding hydrogens is 550 g/mol. The number of allylic oxidation sites excluding steroid dienone is 8. The molecule has 0 aromatic heterocycles. The fourth-order valence-electron chi connectivity index (χ4n) is 5.11. The van der Waals surface area contributed by atoms with Gasteiger partial charge in [0.1, 0.15) is 0 Å². The third kappa shape index (κ3) is 4.09. The van der Waals surface area contributed by atoms with Crippen LogP contribution < -0.4 is 24.8 Å². The van der Waals surface area contributed by atoms with Crippen LogP contribution in [0.5, 0.6) is 0 Å². The summed E-state index contributed by atoms with van der Waals surface area (Å²) in [5.41, 5.74) is 11.6. The Morgan fingerprint density at radius 2 is 1.61 bits per heavy atom. The monoisotopic (exact) mass is 580 g/mol. The minimum absolute atomic E-state index is 0. The van der Waals surface area contributed by atoms with E-state index in [2.05, 4.69) is 71.0 Å². The maximum atomic E-state index is 2.59. The Balaban J connectivity index is 0.00000140. The summed E-state index contributed by atoms with van der Waals surface area (Å²) >= 11 is -0.908. The summed E-state index contributed by atoms with van der Waals surface area (Å²) in [6.45, 7) is 12.0. The average Bonchev–Trinajstić information content (AvgIpc) is 3.07. The number of halogens is 2. The van der Waals surface area contributed by atoms with Gasteiger partial charge in [0.15, 0.2) is 0 Å². The molecule has 3 atom stereocenters. The van der Waals surface area contributed by atoms with E-state index < -0.39 is 22.9 Å². The molecule has 0 amide bonds. The van der Waals surface area contributed by atoms with Gasteiger partial charge in [0.05, 0.1) is 0 Å². The van der Waals surface area contributed by atoms with E-state index >= 15 is 0 Å². The maximum Gasteiger partial charge on any atom is -1.00 e. The van der Waals surface area contributed by atoms with Crippen LogP contribution in [-0.4, -0.2) is 0 Å². The summed E-state index contributed by atoms with van der Waals surface area (Å²) in [5, 5.41) is 0. The molecule has 0 spiro atoms. The first-order valence-corrected chi connectivity index (χ1v) is 14.0. The predicted molar refractivity (Wildman–Crippen MR) is 108 cm³/mol. The second-order valence-electron chi connectivity index (χ2n) is 8.37.